The van der Waals surface area contributed by atoms with Crippen molar-refractivity contribution in [3.8, 4) is 5.75 Å². The number of carbonyl (C=O) groups excluding carboxylic acids is 1. The van der Waals surface area contributed by atoms with Crippen LogP contribution in [0.15, 0.2) is 51.9 Å². The molecule has 0 radical (unpaired) electrons. The molecule has 0 N–H and O–H groups in total. The molecule has 0 spiro atoms. The Hall–Kier alpha value is -3.57. The van der Waals surface area contributed by atoms with Gasteiger partial charge in [-0.25, -0.2) is 17.2 Å². The second-order valence-corrected chi connectivity index (χ2v) is 10.8. The highest BCUT2D eigenvalue weighted by molar-refractivity contribution is 7.89. The third-order valence-electron chi connectivity index (χ3n) is 6.48. The van der Waals surface area contributed by atoms with Gasteiger partial charge < -0.3 is 14.2 Å². The van der Waals surface area contributed by atoms with Crippen molar-refractivity contribution in [2.24, 2.45) is 5.92 Å². The Morgan fingerprint density at radius 3 is 2.47 bits per heavy atom. The van der Waals surface area contributed by atoms with Gasteiger partial charge in [0.2, 0.25) is 15.9 Å². The first kappa shape index (κ1) is 27.5. The molecule has 4 rings (SSSR count). The molecule has 0 bridgehead atoms. The van der Waals surface area contributed by atoms with Crippen LogP contribution in [0.5, 0.6) is 5.75 Å². The molecule has 1 saturated heterocycles. The number of hydrogen-bond acceptors (Lipinski definition) is 6. The predicted octanol–water partition coefficient (Wildman–Crippen LogP) is 4.89. The van der Waals surface area contributed by atoms with E-state index in [1.807, 2.05) is 19.1 Å². The molecule has 2 heterocycles. The topological polar surface area (TPSA) is 93.0 Å². The molecular formula is C27H29F2N3O5S. The Balaban J connectivity index is 1.45. The third kappa shape index (κ3) is 5.78. The molecule has 3 aromatic rings. The van der Waals surface area contributed by atoms with Crippen LogP contribution in [-0.4, -0.2) is 50.5 Å². The molecule has 2 aromatic carbocycles. The minimum Gasteiger partial charge on any atom is -0.494 e. The number of anilines is 1. The lowest BCUT2D eigenvalue weighted by Gasteiger charge is -2.32. The molecule has 202 valence electrons. The summed E-state index contributed by atoms with van der Waals surface area (Å²) in [6, 6.07) is 10.3. The van der Waals surface area contributed by atoms with E-state index >= 15 is 0 Å². The molecule has 1 aliphatic heterocycles. The summed E-state index contributed by atoms with van der Waals surface area (Å²) in [5.41, 5.74) is 0.958. The summed E-state index contributed by atoms with van der Waals surface area (Å²) in [6.45, 7) is 4.25. The summed E-state index contributed by atoms with van der Waals surface area (Å²) in [4.78, 5) is 14.6. The van der Waals surface area contributed by atoms with E-state index in [1.165, 1.54) is 29.4 Å². The number of nitrogens with zero attached hydrogens (tertiary/aromatic N) is 3. The van der Waals surface area contributed by atoms with Crippen molar-refractivity contribution in [3.05, 3.63) is 71.1 Å². The monoisotopic (exact) mass is 545 g/mol. The van der Waals surface area contributed by atoms with Gasteiger partial charge in [-0.2, -0.15) is 4.31 Å². The van der Waals surface area contributed by atoms with Crippen molar-refractivity contribution in [3.63, 3.8) is 0 Å². The van der Waals surface area contributed by atoms with Gasteiger partial charge >= 0.3 is 0 Å². The fourth-order valence-electron chi connectivity index (χ4n) is 4.41. The maximum absolute atomic E-state index is 14.0. The highest BCUT2D eigenvalue weighted by atomic mass is 32.2. The lowest BCUT2D eigenvalue weighted by atomic mass is 9.96. The third-order valence-corrected chi connectivity index (χ3v) is 8.53. The minimum absolute atomic E-state index is 0.0559. The molecule has 1 fully saturated rings. The van der Waals surface area contributed by atoms with Crippen LogP contribution in [0, 0.1) is 24.5 Å². The highest BCUT2D eigenvalue weighted by Crippen LogP contribution is 2.31. The summed E-state index contributed by atoms with van der Waals surface area (Å²) in [5, 5.41) is 3.79. The summed E-state index contributed by atoms with van der Waals surface area (Å²) >= 11 is 0. The van der Waals surface area contributed by atoms with Gasteiger partial charge in [0.05, 0.1) is 6.61 Å². The van der Waals surface area contributed by atoms with E-state index in [0.29, 0.717) is 19.4 Å². The second-order valence-electron chi connectivity index (χ2n) is 8.96. The van der Waals surface area contributed by atoms with Crippen molar-refractivity contribution in [2.75, 3.05) is 31.6 Å². The summed E-state index contributed by atoms with van der Waals surface area (Å²) in [6.07, 6.45) is 3.31. The quantitative estimate of drug-likeness (QED) is 0.400. The SMILES string of the molecule is CCOc1ccc(N(C)C(=O)C2CCN(S(=O)(=O)c3c(C)noc3/C=C/c3ccc(F)cc3F)CC2)cc1. The van der Waals surface area contributed by atoms with Crippen LogP contribution in [0.4, 0.5) is 14.5 Å². The summed E-state index contributed by atoms with van der Waals surface area (Å²) in [7, 11) is -2.30. The van der Waals surface area contributed by atoms with Gasteiger partial charge in [0.15, 0.2) is 10.7 Å². The normalized spacial score (nSPS) is 15.2. The van der Waals surface area contributed by atoms with Crippen molar-refractivity contribution in [2.45, 2.75) is 31.6 Å². The first-order chi connectivity index (χ1) is 18.1. The molecule has 8 nitrogen and oxygen atoms in total. The number of halogens is 2. The lowest BCUT2D eigenvalue weighted by Crippen LogP contribution is -2.43. The Morgan fingerprint density at radius 2 is 1.84 bits per heavy atom. The Labute approximate surface area is 220 Å². The fraction of sp³-hybridized carbons (Fsp3) is 0.333. The van der Waals surface area contributed by atoms with Gasteiger partial charge in [0.25, 0.3) is 0 Å². The number of ether oxygens (including phenoxy) is 1. The van der Waals surface area contributed by atoms with Crippen molar-refractivity contribution in [1.29, 1.82) is 0 Å². The second kappa shape index (κ2) is 11.4. The fourth-order valence-corrected chi connectivity index (χ4v) is 6.13. The zero-order chi connectivity index (χ0) is 27.4. The molecule has 0 atom stereocenters. The molecule has 1 aromatic heterocycles. The van der Waals surface area contributed by atoms with Gasteiger partial charge in [0.1, 0.15) is 23.1 Å². The number of sulfonamides is 1. The number of carbonyl (C=O) groups is 1. The predicted molar refractivity (Wildman–Crippen MR) is 139 cm³/mol. The maximum Gasteiger partial charge on any atom is 0.248 e. The van der Waals surface area contributed by atoms with Crippen LogP contribution >= 0.6 is 0 Å². The molecular weight excluding hydrogens is 516 g/mol. The zero-order valence-electron chi connectivity index (χ0n) is 21.4. The van der Waals surface area contributed by atoms with Crippen LogP contribution in [0.2, 0.25) is 0 Å². The minimum atomic E-state index is -4.00. The average Bonchev–Trinajstić information content (AvgIpc) is 3.29. The summed E-state index contributed by atoms with van der Waals surface area (Å²) < 4.78 is 66.1. The molecule has 0 unspecified atom stereocenters. The summed E-state index contributed by atoms with van der Waals surface area (Å²) in [5.74, 6) is -1.26. The number of amides is 1. The van der Waals surface area contributed by atoms with Crippen LogP contribution in [0.25, 0.3) is 12.2 Å². The number of aromatic nitrogens is 1. The van der Waals surface area contributed by atoms with E-state index in [9.17, 15) is 22.0 Å². The van der Waals surface area contributed by atoms with E-state index < -0.39 is 21.7 Å². The first-order valence-corrected chi connectivity index (χ1v) is 13.7. The van der Waals surface area contributed by atoms with Gasteiger partial charge in [0, 0.05) is 43.4 Å². The van der Waals surface area contributed by atoms with Crippen LogP contribution in [0.3, 0.4) is 0 Å². The van der Waals surface area contributed by atoms with Crippen molar-refractivity contribution < 1.29 is 31.3 Å². The van der Waals surface area contributed by atoms with E-state index in [1.54, 1.807) is 24.1 Å². The van der Waals surface area contributed by atoms with E-state index in [-0.39, 0.29) is 46.8 Å². The van der Waals surface area contributed by atoms with Gasteiger partial charge in [-0.15, -0.1) is 0 Å². The Morgan fingerprint density at radius 1 is 1.16 bits per heavy atom. The zero-order valence-corrected chi connectivity index (χ0v) is 22.2. The molecule has 0 saturated carbocycles. The average molecular weight is 546 g/mol. The molecule has 1 aliphatic rings. The van der Waals surface area contributed by atoms with E-state index in [2.05, 4.69) is 5.16 Å². The van der Waals surface area contributed by atoms with Crippen LogP contribution in [-0.2, 0) is 14.8 Å². The lowest BCUT2D eigenvalue weighted by molar-refractivity contribution is -0.123. The largest absolute Gasteiger partial charge is 0.494 e. The van der Waals surface area contributed by atoms with Gasteiger partial charge in [-0.3, -0.25) is 4.79 Å². The maximum atomic E-state index is 14.0. The number of hydrogen-bond donors (Lipinski definition) is 0. The standard InChI is InChI=1S/C27H29F2N3O5S/c1-4-36-23-10-8-22(9-11-23)31(3)27(33)20-13-15-32(16-14-20)38(34,35)26-18(2)30-37-25(26)12-6-19-5-7-21(28)17-24(19)29/h5-12,17,20H,4,13-16H2,1-3H3/b12-6+. The Kier molecular flexibility index (Phi) is 8.27. The highest BCUT2D eigenvalue weighted by Gasteiger charge is 2.36. The molecule has 0 aliphatic carbocycles. The first-order valence-electron chi connectivity index (χ1n) is 12.2. The number of rotatable bonds is 8. The van der Waals surface area contributed by atoms with Gasteiger partial charge in [-0.1, -0.05) is 5.16 Å². The van der Waals surface area contributed by atoms with E-state index in [0.717, 1.165) is 23.6 Å². The van der Waals surface area contributed by atoms with Crippen molar-refractivity contribution in [1.82, 2.24) is 9.46 Å². The number of benzene rings is 2. The number of aryl methyl sites for hydroxylation is 1. The van der Waals surface area contributed by atoms with Crippen LogP contribution in [0.1, 0.15) is 36.8 Å². The molecule has 38 heavy (non-hydrogen) atoms. The smallest absolute Gasteiger partial charge is 0.248 e. The van der Waals surface area contributed by atoms with E-state index in [4.69, 9.17) is 9.26 Å². The Bertz CT molecular complexity index is 1430. The van der Waals surface area contributed by atoms with Crippen molar-refractivity contribution >= 4 is 33.8 Å². The molecule has 1 amide bonds. The number of piperidine rings is 1. The van der Waals surface area contributed by atoms with Crippen LogP contribution < -0.4 is 9.64 Å². The van der Waals surface area contributed by atoms with Gasteiger partial charge in [-0.05, 0) is 75.2 Å². The molecule has 11 heteroatoms.